The number of rotatable bonds is 1. The van der Waals surface area contributed by atoms with E-state index in [2.05, 4.69) is 20.9 Å². The highest BCUT2D eigenvalue weighted by molar-refractivity contribution is 9.10. The number of aromatic nitrogens is 2. The summed E-state index contributed by atoms with van der Waals surface area (Å²) in [7, 11) is 0. The number of nitrogens with zero attached hydrogens (tertiary/aromatic N) is 1. The molecule has 0 saturated heterocycles. The van der Waals surface area contributed by atoms with E-state index in [4.69, 9.17) is 9.40 Å². The summed E-state index contributed by atoms with van der Waals surface area (Å²) in [5, 5.41) is 0.891. The first-order valence-corrected chi connectivity index (χ1v) is 8.13. The molecule has 0 atom stereocenters. The summed E-state index contributed by atoms with van der Waals surface area (Å²) in [6.07, 6.45) is 5.92. The van der Waals surface area contributed by atoms with Gasteiger partial charge in [-0.25, -0.2) is 4.98 Å². The second-order valence-electron chi connectivity index (χ2n) is 5.71. The Hall–Kier alpha value is -1.62. The van der Waals surface area contributed by atoms with Crippen molar-refractivity contribution in [1.29, 1.82) is 0 Å². The average Bonchev–Trinajstić information content (AvgIpc) is 2.87. The predicted molar refractivity (Wildman–Crippen MR) is 85.7 cm³/mol. The fourth-order valence-electron chi connectivity index (χ4n) is 3.21. The maximum Gasteiger partial charge on any atom is 0.294 e. The molecule has 4 nitrogen and oxygen atoms in total. The Morgan fingerprint density at radius 2 is 2.05 bits per heavy atom. The summed E-state index contributed by atoms with van der Waals surface area (Å²) >= 11 is 3.46. The Morgan fingerprint density at radius 1 is 1.24 bits per heavy atom. The van der Waals surface area contributed by atoms with Crippen LogP contribution in [0.5, 0.6) is 0 Å². The molecule has 2 aromatic heterocycles. The molecule has 1 aliphatic rings. The lowest BCUT2D eigenvalue weighted by atomic mass is 9.88. The summed E-state index contributed by atoms with van der Waals surface area (Å²) in [5.74, 6) is 1.18. The Labute approximate surface area is 129 Å². The van der Waals surface area contributed by atoms with Crippen LogP contribution in [0, 0.1) is 0 Å². The van der Waals surface area contributed by atoms with E-state index in [-0.39, 0.29) is 5.56 Å². The van der Waals surface area contributed by atoms with Gasteiger partial charge < -0.3 is 9.40 Å². The molecule has 21 heavy (non-hydrogen) atoms. The average molecular weight is 347 g/mol. The minimum atomic E-state index is -0.173. The number of hydrogen-bond donors (Lipinski definition) is 1. The van der Waals surface area contributed by atoms with Crippen LogP contribution < -0.4 is 5.56 Å². The van der Waals surface area contributed by atoms with Crippen LogP contribution in [0.15, 0.2) is 31.9 Å². The zero-order chi connectivity index (χ0) is 14.4. The van der Waals surface area contributed by atoms with Gasteiger partial charge in [-0.2, -0.15) is 0 Å². The van der Waals surface area contributed by atoms with Crippen molar-refractivity contribution in [3.63, 3.8) is 0 Å². The van der Waals surface area contributed by atoms with E-state index >= 15 is 0 Å². The van der Waals surface area contributed by atoms with Crippen LogP contribution in [0.1, 0.15) is 43.8 Å². The van der Waals surface area contributed by atoms with Gasteiger partial charge in [0.2, 0.25) is 5.58 Å². The van der Waals surface area contributed by atoms with Crippen LogP contribution in [0.4, 0.5) is 0 Å². The highest BCUT2D eigenvalue weighted by Gasteiger charge is 2.20. The summed E-state index contributed by atoms with van der Waals surface area (Å²) in [6.45, 7) is 0. The number of furan rings is 1. The fraction of sp³-hybridized carbons (Fsp3) is 0.375. The van der Waals surface area contributed by atoms with Crippen molar-refractivity contribution in [2.24, 2.45) is 0 Å². The van der Waals surface area contributed by atoms with Crippen LogP contribution in [0.2, 0.25) is 0 Å². The number of fused-ring (bicyclic) bond motifs is 3. The van der Waals surface area contributed by atoms with Crippen molar-refractivity contribution in [3.05, 3.63) is 38.9 Å². The number of hydrogen-bond acceptors (Lipinski definition) is 3. The van der Waals surface area contributed by atoms with Crippen molar-refractivity contribution in [2.75, 3.05) is 0 Å². The monoisotopic (exact) mass is 346 g/mol. The zero-order valence-corrected chi connectivity index (χ0v) is 13.1. The molecule has 0 radical (unpaired) electrons. The van der Waals surface area contributed by atoms with Crippen molar-refractivity contribution >= 4 is 38.0 Å². The van der Waals surface area contributed by atoms with Gasteiger partial charge >= 0.3 is 0 Å². The van der Waals surface area contributed by atoms with Gasteiger partial charge in [0.1, 0.15) is 16.9 Å². The molecule has 0 unspecified atom stereocenters. The molecule has 2 heterocycles. The molecule has 5 heteroatoms. The van der Waals surface area contributed by atoms with Crippen molar-refractivity contribution in [3.8, 4) is 0 Å². The molecule has 0 amide bonds. The van der Waals surface area contributed by atoms with Gasteiger partial charge in [-0.1, -0.05) is 35.2 Å². The van der Waals surface area contributed by atoms with Crippen molar-refractivity contribution in [2.45, 2.75) is 38.0 Å². The molecule has 1 aliphatic carbocycles. The highest BCUT2D eigenvalue weighted by Crippen LogP contribution is 2.32. The number of H-pyrrole nitrogens is 1. The molecule has 1 fully saturated rings. The van der Waals surface area contributed by atoms with Gasteiger partial charge in [0.25, 0.3) is 5.56 Å². The van der Waals surface area contributed by atoms with Crippen LogP contribution >= 0.6 is 15.9 Å². The summed E-state index contributed by atoms with van der Waals surface area (Å²) in [5.41, 5.74) is 1.53. The number of aromatic amines is 1. The van der Waals surface area contributed by atoms with E-state index in [1.807, 2.05) is 18.2 Å². The lowest BCUT2D eigenvalue weighted by Gasteiger charge is -2.20. The first kappa shape index (κ1) is 13.1. The van der Waals surface area contributed by atoms with Gasteiger partial charge in [-0.15, -0.1) is 0 Å². The zero-order valence-electron chi connectivity index (χ0n) is 11.5. The Bertz CT molecular complexity index is 875. The first-order valence-electron chi connectivity index (χ1n) is 7.34. The molecule has 1 N–H and O–H groups in total. The third-order valence-corrected chi connectivity index (χ3v) is 4.79. The van der Waals surface area contributed by atoms with Crippen molar-refractivity contribution in [1.82, 2.24) is 9.97 Å². The van der Waals surface area contributed by atoms with E-state index in [1.54, 1.807) is 0 Å². The van der Waals surface area contributed by atoms with E-state index in [0.717, 1.165) is 28.5 Å². The minimum absolute atomic E-state index is 0.173. The highest BCUT2D eigenvalue weighted by atomic mass is 79.9. The van der Waals surface area contributed by atoms with E-state index in [9.17, 15) is 4.79 Å². The largest absolute Gasteiger partial charge is 0.449 e. The molecule has 0 bridgehead atoms. The summed E-state index contributed by atoms with van der Waals surface area (Å²) in [4.78, 5) is 19.9. The maximum atomic E-state index is 12.3. The van der Waals surface area contributed by atoms with Gasteiger partial charge in [0, 0.05) is 15.8 Å². The maximum absolute atomic E-state index is 12.3. The molecule has 108 valence electrons. The Kier molecular flexibility index (Phi) is 3.10. The van der Waals surface area contributed by atoms with Crippen LogP contribution in [-0.4, -0.2) is 9.97 Å². The topological polar surface area (TPSA) is 58.9 Å². The van der Waals surface area contributed by atoms with Gasteiger partial charge in [-0.05, 0) is 31.0 Å². The molecule has 3 aromatic rings. The molecular formula is C16H15BrN2O2. The predicted octanol–water partition coefficient (Wildman–Crippen LogP) is 4.48. The number of halogens is 1. The smallest absolute Gasteiger partial charge is 0.294 e. The van der Waals surface area contributed by atoms with E-state index < -0.39 is 0 Å². The third kappa shape index (κ3) is 2.20. The number of benzene rings is 1. The van der Waals surface area contributed by atoms with E-state index in [0.29, 0.717) is 22.6 Å². The molecule has 1 aromatic carbocycles. The van der Waals surface area contributed by atoms with Gasteiger partial charge in [0.05, 0.1) is 0 Å². The minimum Gasteiger partial charge on any atom is -0.449 e. The Balaban J connectivity index is 1.96. The molecule has 1 saturated carbocycles. The fourth-order valence-corrected chi connectivity index (χ4v) is 3.57. The first-order chi connectivity index (χ1) is 10.2. The second-order valence-corrected chi connectivity index (χ2v) is 6.62. The molecule has 0 aliphatic heterocycles. The van der Waals surface area contributed by atoms with Crippen molar-refractivity contribution < 1.29 is 4.42 Å². The summed E-state index contributed by atoms with van der Waals surface area (Å²) in [6, 6.07) is 5.72. The Morgan fingerprint density at radius 3 is 2.86 bits per heavy atom. The van der Waals surface area contributed by atoms with E-state index in [1.165, 1.54) is 19.3 Å². The molecule has 4 rings (SSSR count). The summed E-state index contributed by atoms with van der Waals surface area (Å²) < 4.78 is 6.61. The normalized spacial score (nSPS) is 16.8. The second kappa shape index (κ2) is 4.98. The molecular weight excluding hydrogens is 332 g/mol. The third-order valence-electron chi connectivity index (χ3n) is 4.30. The van der Waals surface area contributed by atoms with Crippen LogP contribution in [0.25, 0.3) is 22.1 Å². The lowest BCUT2D eigenvalue weighted by Crippen LogP contribution is -2.16. The van der Waals surface area contributed by atoms with Crippen LogP contribution in [0.3, 0.4) is 0 Å². The SMILES string of the molecule is O=c1[nH]c(C2CCCCC2)nc2c1oc1ccc(Br)cc12. The van der Waals surface area contributed by atoms with Gasteiger partial charge in [0.15, 0.2) is 0 Å². The lowest BCUT2D eigenvalue weighted by molar-refractivity contribution is 0.428. The number of nitrogens with one attached hydrogen (secondary N) is 1. The molecule has 0 spiro atoms. The quantitative estimate of drug-likeness (QED) is 0.706. The van der Waals surface area contributed by atoms with Gasteiger partial charge in [-0.3, -0.25) is 4.79 Å². The van der Waals surface area contributed by atoms with Crippen LogP contribution in [-0.2, 0) is 0 Å². The standard InChI is InChI=1S/C16H15BrN2O2/c17-10-6-7-12-11(8-10)13-14(21-12)16(20)19-15(18-13)9-4-2-1-3-5-9/h6-9H,1-5H2,(H,18,19,20).